The maximum Gasteiger partial charge on any atom is 0.373 e. The largest absolute Gasteiger partial charge is 0.373 e. The van der Waals surface area contributed by atoms with Gasteiger partial charge in [0, 0.05) is 13.1 Å². The van der Waals surface area contributed by atoms with Crippen LogP contribution in [-0.2, 0) is 16.1 Å². The van der Waals surface area contributed by atoms with E-state index in [2.05, 4.69) is 49.6 Å². The van der Waals surface area contributed by atoms with Crippen molar-refractivity contribution in [1.82, 2.24) is 4.90 Å². The Morgan fingerprint density at radius 2 is 1.82 bits per heavy atom. The summed E-state index contributed by atoms with van der Waals surface area (Å²) in [6.07, 6.45) is 2.21. The van der Waals surface area contributed by atoms with Crippen molar-refractivity contribution in [3.63, 3.8) is 0 Å². The van der Waals surface area contributed by atoms with Gasteiger partial charge >= 0.3 is 6.15 Å². The number of carbonyl (C=O) groups excluding carboxylic acids is 2. The van der Waals surface area contributed by atoms with E-state index in [9.17, 15) is 0 Å². The van der Waals surface area contributed by atoms with Crippen molar-refractivity contribution in [2.45, 2.75) is 20.4 Å². The Morgan fingerprint density at radius 1 is 1.29 bits per heavy atom. The molecule has 0 heterocycles. The molecule has 0 aliphatic rings. The van der Waals surface area contributed by atoms with E-state index in [4.69, 9.17) is 9.59 Å². The number of rotatable bonds is 5. The lowest BCUT2D eigenvalue weighted by Crippen LogP contribution is -2.22. The summed E-state index contributed by atoms with van der Waals surface area (Å²) in [7, 11) is 0. The van der Waals surface area contributed by atoms with E-state index in [0.29, 0.717) is 0 Å². The quantitative estimate of drug-likeness (QED) is 0.733. The number of aryl methyl sites for hydroxylation is 1. The van der Waals surface area contributed by atoms with E-state index in [1.807, 2.05) is 6.08 Å². The fourth-order valence-corrected chi connectivity index (χ4v) is 1.44. The molecular formula is C14H19NO2. The molecule has 0 aliphatic carbocycles. The number of nitrogens with zero attached hydrogens (tertiary/aromatic N) is 1. The molecule has 0 N–H and O–H groups in total. The molecule has 0 amide bonds. The molecule has 1 aromatic rings. The van der Waals surface area contributed by atoms with Gasteiger partial charge in [0.15, 0.2) is 0 Å². The van der Waals surface area contributed by atoms with Crippen LogP contribution in [0.3, 0.4) is 0 Å². The second-order valence-electron chi connectivity index (χ2n) is 3.69. The first-order chi connectivity index (χ1) is 8.17. The zero-order valence-electron chi connectivity index (χ0n) is 10.5. The molecular weight excluding hydrogens is 214 g/mol. The normalized spacial score (nSPS) is 9.12. The van der Waals surface area contributed by atoms with Crippen LogP contribution in [0.15, 0.2) is 36.9 Å². The first-order valence-electron chi connectivity index (χ1n) is 5.56. The molecule has 92 valence electrons. The van der Waals surface area contributed by atoms with Crippen LogP contribution >= 0.6 is 0 Å². The monoisotopic (exact) mass is 233 g/mol. The third-order valence-corrected chi connectivity index (χ3v) is 2.36. The zero-order chi connectivity index (χ0) is 13.1. The third-order valence-electron chi connectivity index (χ3n) is 2.36. The van der Waals surface area contributed by atoms with Crippen molar-refractivity contribution in [2.24, 2.45) is 0 Å². The summed E-state index contributed by atoms with van der Waals surface area (Å²) in [5.74, 6) is 0. The molecule has 3 heteroatoms. The van der Waals surface area contributed by atoms with Crippen molar-refractivity contribution in [3.8, 4) is 0 Å². The molecule has 0 unspecified atom stereocenters. The Morgan fingerprint density at radius 3 is 2.24 bits per heavy atom. The molecule has 0 saturated heterocycles. The second kappa shape index (κ2) is 9.52. The smallest absolute Gasteiger partial charge is 0.296 e. The molecule has 0 saturated carbocycles. The van der Waals surface area contributed by atoms with Gasteiger partial charge in [-0.25, -0.2) is 0 Å². The first kappa shape index (κ1) is 15.3. The molecule has 0 spiro atoms. The molecule has 0 fully saturated rings. The minimum atomic E-state index is 0.250. The maximum absolute atomic E-state index is 8.12. The van der Waals surface area contributed by atoms with E-state index in [0.717, 1.165) is 19.6 Å². The Labute approximate surface area is 103 Å². The first-order valence-corrected chi connectivity index (χ1v) is 5.56. The summed E-state index contributed by atoms with van der Waals surface area (Å²) in [5, 5.41) is 0. The highest BCUT2D eigenvalue weighted by Gasteiger charge is 2.00. The Bertz CT molecular complexity index is 351. The molecule has 1 rings (SSSR count). The summed E-state index contributed by atoms with van der Waals surface area (Å²) < 4.78 is 0. The molecule has 0 aliphatic heterocycles. The van der Waals surface area contributed by atoms with E-state index in [-0.39, 0.29) is 6.15 Å². The summed E-state index contributed by atoms with van der Waals surface area (Å²) in [5.41, 5.74) is 2.69. The van der Waals surface area contributed by atoms with Crippen molar-refractivity contribution in [1.29, 1.82) is 0 Å². The van der Waals surface area contributed by atoms with Crippen molar-refractivity contribution in [2.75, 3.05) is 13.1 Å². The van der Waals surface area contributed by atoms with Crippen LogP contribution < -0.4 is 0 Å². The van der Waals surface area contributed by atoms with Gasteiger partial charge in [0.2, 0.25) is 0 Å². The van der Waals surface area contributed by atoms with Crippen LogP contribution in [0, 0.1) is 6.92 Å². The average Bonchev–Trinajstić information content (AvgIpc) is 2.32. The predicted octanol–water partition coefficient (Wildman–Crippen LogP) is 2.42. The maximum atomic E-state index is 8.12. The highest BCUT2D eigenvalue weighted by atomic mass is 16.2. The van der Waals surface area contributed by atoms with Gasteiger partial charge in [-0.1, -0.05) is 42.8 Å². The molecule has 0 radical (unpaired) electrons. The van der Waals surface area contributed by atoms with Gasteiger partial charge in [-0.15, -0.1) is 6.58 Å². The van der Waals surface area contributed by atoms with Crippen LogP contribution in [0.4, 0.5) is 0 Å². The molecule has 0 atom stereocenters. The SMILES string of the molecule is C=CCN(CC)Cc1ccc(C)cc1.O=C=O. The van der Waals surface area contributed by atoms with Gasteiger partial charge in [0.25, 0.3) is 0 Å². The predicted molar refractivity (Wildman–Crippen MR) is 67.3 cm³/mol. The van der Waals surface area contributed by atoms with Crippen LogP contribution in [0.5, 0.6) is 0 Å². The number of likely N-dealkylation sites (N-methyl/N-ethyl adjacent to an activating group) is 1. The zero-order valence-corrected chi connectivity index (χ0v) is 10.5. The average molecular weight is 233 g/mol. The van der Waals surface area contributed by atoms with Crippen molar-refractivity contribution >= 4 is 6.15 Å². The third kappa shape index (κ3) is 7.23. The number of benzene rings is 1. The summed E-state index contributed by atoms with van der Waals surface area (Å²) in [6, 6.07) is 8.72. The lowest BCUT2D eigenvalue weighted by molar-refractivity contribution is -0.191. The molecule has 1 aromatic carbocycles. The molecule has 0 bridgehead atoms. The van der Waals surface area contributed by atoms with Crippen molar-refractivity contribution < 1.29 is 9.59 Å². The van der Waals surface area contributed by atoms with Crippen LogP contribution in [0.1, 0.15) is 18.1 Å². The summed E-state index contributed by atoms with van der Waals surface area (Å²) in [4.78, 5) is 18.6. The molecule has 17 heavy (non-hydrogen) atoms. The minimum Gasteiger partial charge on any atom is -0.296 e. The Hall–Kier alpha value is -1.70. The number of hydrogen-bond donors (Lipinski definition) is 0. The van der Waals surface area contributed by atoms with Crippen LogP contribution in [0.25, 0.3) is 0 Å². The van der Waals surface area contributed by atoms with Gasteiger partial charge in [-0.05, 0) is 19.0 Å². The van der Waals surface area contributed by atoms with E-state index >= 15 is 0 Å². The minimum absolute atomic E-state index is 0.250. The molecule has 3 nitrogen and oxygen atoms in total. The van der Waals surface area contributed by atoms with Crippen molar-refractivity contribution in [3.05, 3.63) is 48.0 Å². The molecule has 0 aromatic heterocycles. The van der Waals surface area contributed by atoms with Gasteiger partial charge in [0.05, 0.1) is 0 Å². The van der Waals surface area contributed by atoms with Crippen LogP contribution in [0.2, 0.25) is 0 Å². The van der Waals surface area contributed by atoms with Gasteiger partial charge in [0.1, 0.15) is 0 Å². The summed E-state index contributed by atoms with van der Waals surface area (Å²) in [6.45, 7) is 11.1. The van der Waals surface area contributed by atoms with Gasteiger partial charge in [-0.2, -0.15) is 9.59 Å². The standard InChI is InChI=1S/C13H19N.CO2/c1-4-10-14(5-2)11-13-8-6-12(3)7-9-13;2-1-3/h4,6-9H,1,5,10-11H2,2-3H3;. The highest BCUT2D eigenvalue weighted by molar-refractivity contribution is 5.21. The summed E-state index contributed by atoms with van der Waals surface area (Å²) >= 11 is 0. The fourth-order valence-electron chi connectivity index (χ4n) is 1.44. The lowest BCUT2D eigenvalue weighted by atomic mass is 10.1. The second-order valence-corrected chi connectivity index (χ2v) is 3.69. The van der Waals surface area contributed by atoms with E-state index < -0.39 is 0 Å². The van der Waals surface area contributed by atoms with E-state index in [1.54, 1.807) is 0 Å². The van der Waals surface area contributed by atoms with Gasteiger partial charge < -0.3 is 0 Å². The van der Waals surface area contributed by atoms with E-state index in [1.165, 1.54) is 11.1 Å². The number of hydrogen-bond acceptors (Lipinski definition) is 3. The van der Waals surface area contributed by atoms with Gasteiger partial charge in [-0.3, -0.25) is 4.90 Å². The van der Waals surface area contributed by atoms with Crippen LogP contribution in [-0.4, -0.2) is 24.1 Å². The Kier molecular flexibility index (Phi) is 8.57. The fraction of sp³-hybridized carbons (Fsp3) is 0.357. The highest BCUT2D eigenvalue weighted by Crippen LogP contribution is 2.06. The topological polar surface area (TPSA) is 37.4 Å². The lowest BCUT2D eigenvalue weighted by Gasteiger charge is -2.18. The Balaban J connectivity index is 0.000000770.